The molecule has 2 aromatic carbocycles. The highest BCUT2D eigenvalue weighted by Gasteiger charge is 2.37. The van der Waals surface area contributed by atoms with Crippen LogP contribution in [0.5, 0.6) is 0 Å². The number of rotatable bonds is 3. The standard InChI is InChI=1S/C23H26N4O4S/c1-15-14-26(23(29)22-24-11-12-25(22)3)21-13-18(7-10-20(21)27(15)16(2)28)17-5-8-19(9-6-17)32(4,30)31/h5-13,15,22,24H,14H2,1-4H3/t15-,22?/m0/s1. The third-order valence-electron chi connectivity index (χ3n) is 5.84. The van der Waals surface area contributed by atoms with Gasteiger partial charge in [-0.25, -0.2) is 8.42 Å². The summed E-state index contributed by atoms with van der Waals surface area (Å²) < 4.78 is 23.6. The Morgan fingerprint density at radius 3 is 2.25 bits per heavy atom. The number of anilines is 2. The Morgan fingerprint density at radius 1 is 1.03 bits per heavy atom. The summed E-state index contributed by atoms with van der Waals surface area (Å²) in [5.41, 5.74) is 2.97. The molecule has 1 N–H and O–H groups in total. The van der Waals surface area contributed by atoms with Crippen molar-refractivity contribution in [3.63, 3.8) is 0 Å². The summed E-state index contributed by atoms with van der Waals surface area (Å²) in [6.45, 7) is 3.81. The molecule has 2 heterocycles. The van der Waals surface area contributed by atoms with Crippen LogP contribution in [0.2, 0.25) is 0 Å². The first kappa shape index (κ1) is 21.9. The second-order valence-electron chi connectivity index (χ2n) is 8.24. The molecule has 0 fully saturated rings. The van der Waals surface area contributed by atoms with Crippen molar-refractivity contribution in [2.24, 2.45) is 0 Å². The lowest BCUT2D eigenvalue weighted by molar-refractivity contribution is -0.123. The van der Waals surface area contributed by atoms with Gasteiger partial charge in [0.05, 0.1) is 22.3 Å². The first-order valence-corrected chi connectivity index (χ1v) is 12.2. The van der Waals surface area contributed by atoms with Crippen LogP contribution < -0.4 is 15.1 Å². The molecule has 0 spiro atoms. The van der Waals surface area contributed by atoms with Gasteiger partial charge in [0.25, 0.3) is 5.91 Å². The number of likely N-dealkylation sites (N-methyl/N-ethyl adjacent to an activating group) is 1. The van der Waals surface area contributed by atoms with Crippen molar-refractivity contribution >= 4 is 33.0 Å². The molecule has 0 saturated heterocycles. The van der Waals surface area contributed by atoms with Crippen LogP contribution in [0.15, 0.2) is 59.8 Å². The van der Waals surface area contributed by atoms with E-state index in [0.717, 1.165) is 11.1 Å². The van der Waals surface area contributed by atoms with Crippen molar-refractivity contribution in [1.29, 1.82) is 0 Å². The summed E-state index contributed by atoms with van der Waals surface area (Å²) in [7, 11) is -1.46. The van der Waals surface area contributed by atoms with Crippen LogP contribution in [-0.4, -0.2) is 57.2 Å². The minimum absolute atomic E-state index is 0.0890. The van der Waals surface area contributed by atoms with E-state index in [1.807, 2.05) is 32.2 Å². The van der Waals surface area contributed by atoms with E-state index in [1.165, 1.54) is 13.2 Å². The highest BCUT2D eigenvalue weighted by atomic mass is 32.2. The average Bonchev–Trinajstić information content (AvgIpc) is 3.17. The van der Waals surface area contributed by atoms with Crippen molar-refractivity contribution in [2.75, 3.05) is 29.6 Å². The van der Waals surface area contributed by atoms with Gasteiger partial charge in [-0.05, 0) is 42.3 Å². The van der Waals surface area contributed by atoms with Crippen molar-refractivity contribution in [3.05, 3.63) is 54.9 Å². The normalized spacial score (nSPS) is 20.2. The molecule has 0 saturated carbocycles. The lowest BCUT2D eigenvalue weighted by Gasteiger charge is -2.42. The number of amides is 2. The molecule has 4 rings (SSSR count). The molecule has 2 atom stereocenters. The lowest BCUT2D eigenvalue weighted by Crippen LogP contribution is -2.56. The van der Waals surface area contributed by atoms with Gasteiger partial charge in [-0.3, -0.25) is 9.59 Å². The van der Waals surface area contributed by atoms with Crippen molar-refractivity contribution < 1.29 is 18.0 Å². The number of benzene rings is 2. The third kappa shape index (κ3) is 3.84. The topological polar surface area (TPSA) is 90.0 Å². The number of nitrogens with one attached hydrogen (secondary N) is 1. The van der Waals surface area contributed by atoms with E-state index in [4.69, 9.17) is 0 Å². The van der Waals surface area contributed by atoms with E-state index in [1.54, 1.807) is 51.4 Å². The Hall–Kier alpha value is -3.33. The van der Waals surface area contributed by atoms with Gasteiger partial charge in [0, 0.05) is 39.2 Å². The molecule has 2 aliphatic rings. The van der Waals surface area contributed by atoms with Crippen LogP contribution >= 0.6 is 0 Å². The van der Waals surface area contributed by atoms with Crippen LogP contribution in [0.3, 0.4) is 0 Å². The lowest BCUT2D eigenvalue weighted by atomic mass is 10.0. The summed E-state index contributed by atoms with van der Waals surface area (Å²) in [6.07, 6.45) is 4.19. The van der Waals surface area contributed by atoms with E-state index >= 15 is 0 Å². The zero-order chi connectivity index (χ0) is 23.2. The zero-order valence-corrected chi connectivity index (χ0v) is 19.3. The third-order valence-corrected chi connectivity index (χ3v) is 6.97. The average molecular weight is 455 g/mol. The van der Waals surface area contributed by atoms with E-state index in [0.29, 0.717) is 17.9 Å². The summed E-state index contributed by atoms with van der Waals surface area (Å²) in [5, 5.41) is 3.07. The van der Waals surface area contributed by atoms with Crippen LogP contribution in [0.25, 0.3) is 11.1 Å². The molecular formula is C23H26N4O4S. The molecule has 9 heteroatoms. The minimum Gasteiger partial charge on any atom is -0.362 e. The molecule has 0 aromatic heterocycles. The smallest absolute Gasteiger partial charge is 0.270 e. The fourth-order valence-corrected chi connectivity index (χ4v) is 4.87. The Morgan fingerprint density at radius 2 is 1.69 bits per heavy atom. The quantitative estimate of drug-likeness (QED) is 0.765. The number of fused-ring (bicyclic) bond motifs is 1. The van der Waals surface area contributed by atoms with Gasteiger partial charge < -0.3 is 20.0 Å². The molecule has 2 amide bonds. The molecule has 168 valence electrons. The maximum atomic E-state index is 13.4. The second kappa shape index (κ2) is 7.98. The van der Waals surface area contributed by atoms with E-state index in [9.17, 15) is 18.0 Å². The van der Waals surface area contributed by atoms with Gasteiger partial charge in [0.1, 0.15) is 0 Å². The molecule has 2 aromatic rings. The fraction of sp³-hybridized carbons (Fsp3) is 0.304. The first-order chi connectivity index (χ1) is 15.1. The van der Waals surface area contributed by atoms with Crippen LogP contribution in [-0.2, 0) is 19.4 Å². The van der Waals surface area contributed by atoms with E-state index < -0.39 is 16.0 Å². The minimum atomic E-state index is -3.29. The Labute approximate surface area is 188 Å². The van der Waals surface area contributed by atoms with Gasteiger partial charge in [-0.2, -0.15) is 0 Å². The number of sulfone groups is 1. The maximum Gasteiger partial charge on any atom is 0.270 e. The van der Waals surface area contributed by atoms with Crippen LogP contribution in [0, 0.1) is 0 Å². The molecule has 0 bridgehead atoms. The summed E-state index contributed by atoms with van der Waals surface area (Å²) in [5.74, 6) is -0.202. The SMILES string of the molecule is CC(=O)N1c2ccc(-c3ccc(S(C)(=O)=O)cc3)cc2N(C(=O)C2NC=CN2C)C[C@@H]1C. The highest BCUT2D eigenvalue weighted by Crippen LogP contribution is 2.39. The van der Waals surface area contributed by atoms with Gasteiger partial charge in [-0.1, -0.05) is 18.2 Å². The van der Waals surface area contributed by atoms with Gasteiger partial charge >= 0.3 is 0 Å². The number of carbonyl (C=O) groups is 2. The molecule has 2 aliphatic heterocycles. The van der Waals surface area contributed by atoms with E-state index in [-0.39, 0.29) is 22.8 Å². The second-order valence-corrected chi connectivity index (χ2v) is 10.3. The Balaban J connectivity index is 1.78. The maximum absolute atomic E-state index is 13.4. The Kier molecular flexibility index (Phi) is 5.46. The van der Waals surface area contributed by atoms with Gasteiger partial charge in [-0.15, -0.1) is 0 Å². The van der Waals surface area contributed by atoms with Crippen molar-refractivity contribution in [1.82, 2.24) is 10.2 Å². The molecule has 0 aliphatic carbocycles. The highest BCUT2D eigenvalue weighted by molar-refractivity contribution is 7.90. The summed E-state index contributed by atoms with van der Waals surface area (Å²) >= 11 is 0. The largest absolute Gasteiger partial charge is 0.362 e. The van der Waals surface area contributed by atoms with Gasteiger partial charge in [0.15, 0.2) is 16.0 Å². The number of nitrogens with zero attached hydrogens (tertiary/aromatic N) is 3. The Bertz CT molecular complexity index is 1210. The monoisotopic (exact) mass is 454 g/mol. The molecule has 1 unspecified atom stereocenters. The van der Waals surface area contributed by atoms with Gasteiger partial charge in [0.2, 0.25) is 5.91 Å². The van der Waals surface area contributed by atoms with Crippen LogP contribution in [0.4, 0.5) is 11.4 Å². The summed E-state index contributed by atoms with van der Waals surface area (Å²) in [6, 6.07) is 12.1. The first-order valence-electron chi connectivity index (χ1n) is 10.3. The molecule has 8 nitrogen and oxygen atoms in total. The summed E-state index contributed by atoms with van der Waals surface area (Å²) in [4.78, 5) is 31.3. The van der Waals surface area contributed by atoms with E-state index in [2.05, 4.69) is 5.32 Å². The number of hydrogen-bond acceptors (Lipinski definition) is 6. The fourth-order valence-electron chi connectivity index (χ4n) is 4.24. The predicted molar refractivity (Wildman–Crippen MR) is 124 cm³/mol. The van der Waals surface area contributed by atoms with Crippen LogP contribution in [0.1, 0.15) is 13.8 Å². The molecular weight excluding hydrogens is 428 g/mol. The zero-order valence-electron chi connectivity index (χ0n) is 18.4. The number of carbonyl (C=O) groups excluding carboxylic acids is 2. The molecule has 32 heavy (non-hydrogen) atoms. The molecule has 0 radical (unpaired) electrons. The predicted octanol–water partition coefficient (Wildman–Crippen LogP) is 2.18. The van der Waals surface area contributed by atoms with Crippen molar-refractivity contribution in [3.8, 4) is 11.1 Å². The van der Waals surface area contributed by atoms with Crippen molar-refractivity contribution in [2.45, 2.75) is 31.0 Å². The number of hydrogen-bond donors (Lipinski definition) is 1.